The van der Waals surface area contributed by atoms with Crippen LogP contribution in [0.15, 0.2) is 22.7 Å². The summed E-state index contributed by atoms with van der Waals surface area (Å²) < 4.78 is 11.2. The standard InChI is InChI=1S/C24H32ClN5O3/c1-5-17-8-15-10-19(33-20(15)11-27-17)21-22(25)29-24(26-6-7-32-4)30-23(21)28-18-9-16(12-31)13(2)14(18)3/h8,10-11,13-14,16,18,31H,5-7,9,12H2,1-4H3,(H2,26,28,29,30). The van der Waals surface area contributed by atoms with Gasteiger partial charge in [-0.1, -0.05) is 32.4 Å². The first-order chi connectivity index (χ1) is 15.9. The van der Waals surface area contributed by atoms with Crippen LogP contribution in [0.2, 0.25) is 5.15 Å². The molecule has 33 heavy (non-hydrogen) atoms. The second-order valence-corrected chi connectivity index (χ2v) is 9.16. The molecular weight excluding hydrogens is 442 g/mol. The Hall–Kier alpha value is -2.42. The van der Waals surface area contributed by atoms with Crippen molar-refractivity contribution < 1.29 is 14.3 Å². The van der Waals surface area contributed by atoms with E-state index in [1.807, 2.05) is 12.1 Å². The van der Waals surface area contributed by atoms with Gasteiger partial charge in [0, 0.05) is 37.4 Å². The highest BCUT2D eigenvalue weighted by Gasteiger charge is 2.38. The van der Waals surface area contributed by atoms with Crippen LogP contribution >= 0.6 is 11.6 Å². The van der Waals surface area contributed by atoms with E-state index < -0.39 is 0 Å². The minimum atomic E-state index is 0.145. The van der Waals surface area contributed by atoms with Crippen LogP contribution in [0.3, 0.4) is 0 Å². The molecule has 178 valence electrons. The Bertz CT molecular complexity index is 1110. The van der Waals surface area contributed by atoms with Gasteiger partial charge >= 0.3 is 0 Å². The fraction of sp³-hybridized carbons (Fsp3) is 0.542. The third-order valence-electron chi connectivity index (χ3n) is 6.84. The lowest BCUT2D eigenvalue weighted by atomic mass is 9.92. The van der Waals surface area contributed by atoms with Crippen LogP contribution in [0.4, 0.5) is 11.8 Å². The van der Waals surface area contributed by atoms with Gasteiger partial charge in [0.2, 0.25) is 5.95 Å². The van der Waals surface area contributed by atoms with E-state index in [0.717, 1.165) is 23.9 Å². The first-order valence-corrected chi connectivity index (χ1v) is 11.9. The molecular formula is C24H32ClN5O3. The number of aliphatic hydroxyl groups excluding tert-OH is 1. The summed E-state index contributed by atoms with van der Waals surface area (Å²) in [6, 6.07) is 4.13. The van der Waals surface area contributed by atoms with Crippen molar-refractivity contribution in [3.8, 4) is 11.3 Å². The number of aromatic nitrogens is 3. The van der Waals surface area contributed by atoms with Crippen LogP contribution in [0, 0.1) is 17.8 Å². The number of fused-ring (bicyclic) bond motifs is 1. The minimum absolute atomic E-state index is 0.145. The third kappa shape index (κ3) is 4.93. The zero-order chi connectivity index (χ0) is 23.5. The summed E-state index contributed by atoms with van der Waals surface area (Å²) in [6.07, 6.45) is 3.45. The molecule has 3 heterocycles. The maximum atomic E-state index is 9.79. The SMILES string of the molecule is CCc1cc2cc(-c3c(Cl)nc(NCCOC)nc3NC3CC(CO)C(C)C3C)oc2cn1. The van der Waals surface area contributed by atoms with Crippen LogP contribution < -0.4 is 10.6 Å². The molecule has 1 aliphatic rings. The molecule has 0 aromatic carbocycles. The van der Waals surface area contributed by atoms with Crippen LogP contribution in [-0.2, 0) is 11.2 Å². The normalized spacial score (nSPS) is 22.7. The van der Waals surface area contributed by atoms with Crippen LogP contribution in [-0.4, -0.2) is 53.0 Å². The number of methoxy groups -OCH3 is 1. The fourth-order valence-corrected chi connectivity index (χ4v) is 4.83. The smallest absolute Gasteiger partial charge is 0.226 e. The average Bonchev–Trinajstić information content (AvgIpc) is 3.34. The largest absolute Gasteiger partial charge is 0.454 e. The summed E-state index contributed by atoms with van der Waals surface area (Å²) in [5.41, 5.74) is 2.31. The van der Waals surface area contributed by atoms with Crippen molar-refractivity contribution in [3.63, 3.8) is 0 Å². The quantitative estimate of drug-likeness (QED) is 0.305. The zero-order valence-electron chi connectivity index (χ0n) is 19.6. The maximum Gasteiger partial charge on any atom is 0.226 e. The number of nitrogens with one attached hydrogen (secondary N) is 2. The number of anilines is 2. The van der Waals surface area contributed by atoms with E-state index in [1.165, 1.54) is 0 Å². The van der Waals surface area contributed by atoms with Crippen molar-refractivity contribution in [2.24, 2.45) is 17.8 Å². The Morgan fingerprint density at radius 3 is 2.76 bits per heavy atom. The van der Waals surface area contributed by atoms with Crippen molar-refractivity contribution in [2.45, 2.75) is 39.7 Å². The monoisotopic (exact) mass is 473 g/mol. The predicted octanol–water partition coefficient (Wildman–Crippen LogP) is 4.62. The number of furan rings is 1. The summed E-state index contributed by atoms with van der Waals surface area (Å²) in [5.74, 6) is 2.64. The highest BCUT2D eigenvalue weighted by Crippen LogP contribution is 2.41. The summed E-state index contributed by atoms with van der Waals surface area (Å²) in [6.45, 7) is 7.73. The molecule has 0 spiro atoms. The Balaban J connectivity index is 1.74. The van der Waals surface area contributed by atoms with Crippen molar-refractivity contribution in [3.05, 3.63) is 29.2 Å². The van der Waals surface area contributed by atoms with Gasteiger partial charge in [0.05, 0.1) is 18.4 Å². The van der Waals surface area contributed by atoms with Gasteiger partial charge in [-0.05, 0) is 42.7 Å². The minimum Gasteiger partial charge on any atom is -0.454 e. The first-order valence-electron chi connectivity index (χ1n) is 11.5. The van der Waals surface area contributed by atoms with Crippen molar-refractivity contribution in [1.82, 2.24) is 15.0 Å². The summed E-state index contributed by atoms with van der Waals surface area (Å²) >= 11 is 6.70. The molecule has 9 heteroatoms. The van der Waals surface area contributed by atoms with Gasteiger partial charge in [-0.2, -0.15) is 4.98 Å². The maximum absolute atomic E-state index is 9.79. The molecule has 4 atom stereocenters. The van der Waals surface area contributed by atoms with Gasteiger partial charge in [-0.3, -0.25) is 4.98 Å². The Morgan fingerprint density at radius 1 is 1.24 bits per heavy atom. The molecule has 4 rings (SSSR count). The Kier molecular flexibility index (Phi) is 7.36. The molecule has 4 unspecified atom stereocenters. The first kappa shape index (κ1) is 23.7. The zero-order valence-corrected chi connectivity index (χ0v) is 20.3. The molecule has 0 radical (unpaired) electrons. The van der Waals surface area contributed by atoms with Crippen LogP contribution in [0.1, 0.15) is 32.9 Å². The lowest BCUT2D eigenvalue weighted by Gasteiger charge is -2.22. The molecule has 1 fully saturated rings. The molecule has 3 N–H and O–H groups in total. The number of ether oxygens (including phenoxy) is 1. The Morgan fingerprint density at radius 2 is 2.06 bits per heavy atom. The van der Waals surface area contributed by atoms with Crippen molar-refractivity contribution >= 4 is 34.3 Å². The van der Waals surface area contributed by atoms with Gasteiger partial charge in [0.15, 0.2) is 5.58 Å². The van der Waals surface area contributed by atoms with Crippen LogP contribution in [0.25, 0.3) is 22.3 Å². The molecule has 1 aliphatic carbocycles. The van der Waals surface area contributed by atoms with E-state index >= 15 is 0 Å². The lowest BCUT2D eigenvalue weighted by molar-refractivity contribution is 0.191. The number of pyridine rings is 1. The highest BCUT2D eigenvalue weighted by molar-refractivity contribution is 6.32. The second-order valence-electron chi connectivity index (χ2n) is 8.81. The molecule has 1 saturated carbocycles. The van der Waals surface area contributed by atoms with Gasteiger partial charge < -0.3 is 24.9 Å². The van der Waals surface area contributed by atoms with Gasteiger partial charge in [-0.25, -0.2) is 4.98 Å². The number of rotatable bonds is 9. The lowest BCUT2D eigenvalue weighted by Crippen LogP contribution is -2.25. The number of hydrogen-bond donors (Lipinski definition) is 3. The van der Waals surface area contributed by atoms with Crippen molar-refractivity contribution in [2.75, 3.05) is 37.5 Å². The molecule has 0 amide bonds. The van der Waals surface area contributed by atoms with Gasteiger partial charge in [-0.15, -0.1) is 0 Å². The van der Waals surface area contributed by atoms with E-state index in [2.05, 4.69) is 41.4 Å². The number of nitrogens with zero attached hydrogens (tertiary/aromatic N) is 3. The van der Waals surface area contributed by atoms with Gasteiger partial charge in [0.25, 0.3) is 0 Å². The molecule has 8 nitrogen and oxygen atoms in total. The molecule has 0 aliphatic heterocycles. The van der Waals surface area contributed by atoms with E-state index in [-0.39, 0.29) is 18.6 Å². The third-order valence-corrected chi connectivity index (χ3v) is 7.12. The topological polar surface area (TPSA) is 105 Å². The number of aliphatic hydroxyl groups is 1. The molecule has 3 aromatic rings. The van der Waals surface area contributed by atoms with Gasteiger partial charge in [0.1, 0.15) is 16.7 Å². The fourth-order valence-electron chi connectivity index (χ4n) is 4.57. The molecule has 0 bridgehead atoms. The molecule has 3 aromatic heterocycles. The number of hydrogen-bond acceptors (Lipinski definition) is 8. The molecule has 0 saturated heterocycles. The summed E-state index contributed by atoms with van der Waals surface area (Å²) in [5, 5.41) is 17.8. The highest BCUT2D eigenvalue weighted by atomic mass is 35.5. The van der Waals surface area contributed by atoms with E-state index in [0.29, 0.717) is 58.8 Å². The van der Waals surface area contributed by atoms with E-state index in [9.17, 15) is 5.11 Å². The second kappa shape index (κ2) is 10.2. The average molecular weight is 474 g/mol. The number of halogens is 1. The van der Waals surface area contributed by atoms with E-state index in [1.54, 1.807) is 13.3 Å². The van der Waals surface area contributed by atoms with Crippen LogP contribution in [0.5, 0.6) is 0 Å². The predicted molar refractivity (Wildman–Crippen MR) is 131 cm³/mol. The number of aryl methyl sites for hydroxylation is 1. The Labute approximate surface area is 199 Å². The van der Waals surface area contributed by atoms with E-state index in [4.69, 9.17) is 25.7 Å². The summed E-state index contributed by atoms with van der Waals surface area (Å²) in [7, 11) is 1.65. The summed E-state index contributed by atoms with van der Waals surface area (Å²) in [4.78, 5) is 13.6. The van der Waals surface area contributed by atoms with Crippen molar-refractivity contribution in [1.29, 1.82) is 0 Å².